The number of carbonyl (C=O) groups excluding carboxylic acids is 3. The number of nitrogens with zero attached hydrogens (tertiary/aromatic N) is 3. The predicted molar refractivity (Wildman–Crippen MR) is 157 cm³/mol. The number of carbonyl (C=O) groups is 3. The number of allylic oxidation sites excluding steroid dienone is 1. The van der Waals surface area contributed by atoms with Gasteiger partial charge < -0.3 is 31.1 Å². The zero-order valence-electron chi connectivity index (χ0n) is 24.6. The molecule has 0 unspecified atom stereocenters. The van der Waals surface area contributed by atoms with Crippen LogP contribution in [0.15, 0.2) is 53.0 Å². The quantitative estimate of drug-likeness (QED) is 0.324. The van der Waals surface area contributed by atoms with E-state index in [2.05, 4.69) is 17.0 Å². The number of aliphatic hydroxyl groups excluding tert-OH is 2. The van der Waals surface area contributed by atoms with E-state index >= 15 is 0 Å². The Kier molecular flexibility index (Phi) is 6.68. The van der Waals surface area contributed by atoms with Crippen molar-refractivity contribution in [3.63, 3.8) is 0 Å². The number of aliphatic hydroxyl groups is 3. The van der Waals surface area contributed by atoms with Gasteiger partial charge in [0.2, 0.25) is 5.78 Å². The predicted octanol–water partition coefficient (Wildman–Crippen LogP) is 1.70. The van der Waals surface area contributed by atoms with Crippen molar-refractivity contribution in [1.82, 2.24) is 9.80 Å². The number of hydrogen-bond donors (Lipinski definition) is 5. The van der Waals surface area contributed by atoms with E-state index in [9.17, 15) is 34.8 Å². The fourth-order valence-electron chi connectivity index (χ4n) is 7.81. The first-order valence-corrected chi connectivity index (χ1v) is 14.3. The molecule has 6 N–H and O–H groups in total. The molecule has 1 heterocycles. The van der Waals surface area contributed by atoms with E-state index in [1.807, 2.05) is 31.1 Å². The highest BCUT2D eigenvalue weighted by Gasteiger charge is 2.63. The van der Waals surface area contributed by atoms with E-state index in [1.165, 1.54) is 11.1 Å². The van der Waals surface area contributed by atoms with E-state index < -0.39 is 58.0 Å². The number of fused-ring (bicyclic) bond motifs is 4. The fraction of sp³-hybridized carbons (Fsp3) is 0.406. The Hall–Kier alpha value is -4.19. The minimum absolute atomic E-state index is 0.0120. The highest BCUT2D eigenvalue weighted by Crippen LogP contribution is 2.53. The molecule has 43 heavy (non-hydrogen) atoms. The third-order valence-electron chi connectivity index (χ3n) is 9.52. The van der Waals surface area contributed by atoms with Gasteiger partial charge in [-0.3, -0.25) is 24.2 Å². The van der Waals surface area contributed by atoms with Gasteiger partial charge in [-0.2, -0.15) is 0 Å². The molecule has 1 aliphatic heterocycles. The van der Waals surface area contributed by atoms with Crippen LogP contribution in [0.25, 0.3) is 0 Å². The SMILES string of the molecule is CN(C)c1c(CN2Cc3ccccc3C2)cc(O)c2c1C[C@H]1C[C@H]3[C@H](N(C)C)C(O)=C(C(N)=O)C(=O)[C@@]3(O)C(O)=C1C2=O. The Bertz CT molecular complexity index is 1630. The van der Waals surface area contributed by atoms with Crippen LogP contribution in [0.5, 0.6) is 5.75 Å². The minimum Gasteiger partial charge on any atom is -0.510 e. The topological polar surface area (TPSA) is 168 Å². The van der Waals surface area contributed by atoms with Gasteiger partial charge in [0, 0.05) is 50.9 Å². The zero-order valence-corrected chi connectivity index (χ0v) is 24.6. The molecule has 11 heteroatoms. The molecular weight excluding hydrogens is 552 g/mol. The Morgan fingerprint density at radius 1 is 1.07 bits per heavy atom. The minimum atomic E-state index is -2.66. The van der Waals surface area contributed by atoms with Crippen molar-refractivity contribution >= 4 is 23.2 Å². The molecule has 4 atom stereocenters. The normalized spacial score (nSPS) is 26.8. The number of phenols is 1. The lowest BCUT2D eigenvalue weighted by molar-refractivity contribution is -0.148. The number of rotatable bonds is 5. The number of Topliss-reactive ketones (excluding diaryl/α,β-unsaturated/α-hetero) is 2. The van der Waals surface area contributed by atoms with Crippen LogP contribution < -0.4 is 10.6 Å². The second kappa shape index (κ2) is 9.94. The van der Waals surface area contributed by atoms with Crippen LogP contribution in [-0.2, 0) is 35.6 Å². The molecule has 0 saturated carbocycles. The highest BCUT2D eigenvalue weighted by molar-refractivity contribution is 6.24. The summed E-state index contributed by atoms with van der Waals surface area (Å²) in [4.78, 5) is 45.5. The lowest BCUT2D eigenvalue weighted by Gasteiger charge is -2.50. The molecule has 11 nitrogen and oxygen atoms in total. The van der Waals surface area contributed by atoms with E-state index in [-0.39, 0.29) is 29.7 Å². The van der Waals surface area contributed by atoms with Gasteiger partial charge in [0.1, 0.15) is 22.8 Å². The molecule has 4 aliphatic rings. The van der Waals surface area contributed by atoms with Gasteiger partial charge in [0.15, 0.2) is 11.4 Å². The van der Waals surface area contributed by atoms with Crippen LogP contribution in [0.3, 0.4) is 0 Å². The van der Waals surface area contributed by atoms with Crippen LogP contribution in [-0.4, -0.2) is 87.5 Å². The average Bonchev–Trinajstić information content (AvgIpc) is 3.32. The monoisotopic (exact) mass is 588 g/mol. The standard InChI is InChI=1S/C32H36N4O7/c1-34(2)25-18(14-36-12-15-7-5-6-8-16(15)13-36)11-21(37)23-19(25)9-17-10-20-26(35(3)4)28(39)24(31(33)42)30(41)32(20,43)29(40)22(17)27(23)38/h5-8,11,17,20,26,37,39-40,43H,9-10,12-14H2,1-4H3,(H2,33,42)/t17-,20-,26-,32-/m0/s1. The summed E-state index contributed by atoms with van der Waals surface area (Å²) >= 11 is 0. The van der Waals surface area contributed by atoms with Crippen molar-refractivity contribution in [3.8, 4) is 5.75 Å². The summed E-state index contributed by atoms with van der Waals surface area (Å²) < 4.78 is 0. The highest BCUT2D eigenvalue weighted by atomic mass is 16.3. The number of amides is 1. The first kappa shape index (κ1) is 28.9. The molecule has 0 bridgehead atoms. The van der Waals surface area contributed by atoms with E-state index in [1.54, 1.807) is 25.1 Å². The van der Waals surface area contributed by atoms with Crippen molar-refractivity contribution < 1.29 is 34.8 Å². The van der Waals surface area contributed by atoms with Gasteiger partial charge in [0.05, 0.1) is 11.6 Å². The van der Waals surface area contributed by atoms with Crippen LogP contribution in [0.4, 0.5) is 5.69 Å². The van der Waals surface area contributed by atoms with Crippen molar-refractivity contribution in [1.29, 1.82) is 0 Å². The molecule has 2 aromatic carbocycles. The summed E-state index contributed by atoms with van der Waals surface area (Å²) in [5.74, 6) is -6.58. The summed E-state index contributed by atoms with van der Waals surface area (Å²) in [6, 6.07) is 8.78. The molecule has 0 radical (unpaired) electrons. The third kappa shape index (κ3) is 4.10. The summed E-state index contributed by atoms with van der Waals surface area (Å²) in [7, 11) is 6.96. The summed E-state index contributed by atoms with van der Waals surface area (Å²) in [6.45, 7) is 2.05. The van der Waals surface area contributed by atoms with E-state index in [0.29, 0.717) is 12.1 Å². The second-order valence-electron chi connectivity index (χ2n) is 12.5. The van der Waals surface area contributed by atoms with Crippen molar-refractivity contribution in [3.05, 3.63) is 80.8 Å². The van der Waals surface area contributed by atoms with E-state index in [4.69, 9.17) is 5.73 Å². The Morgan fingerprint density at radius 3 is 2.26 bits per heavy atom. The van der Waals surface area contributed by atoms with Gasteiger partial charge in [0.25, 0.3) is 5.91 Å². The number of likely N-dealkylation sites (N-methyl/N-ethyl adjacent to an activating group) is 1. The Balaban J connectivity index is 1.46. The van der Waals surface area contributed by atoms with Crippen molar-refractivity contribution in [2.45, 2.75) is 44.1 Å². The summed E-state index contributed by atoms with van der Waals surface area (Å²) in [5, 5.41) is 45.6. The number of anilines is 1. The van der Waals surface area contributed by atoms with Gasteiger partial charge in [-0.15, -0.1) is 0 Å². The molecule has 0 saturated heterocycles. The van der Waals surface area contributed by atoms with Crippen LogP contribution >= 0.6 is 0 Å². The lowest BCUT2D eigenvalue weighted by Crippen LogP contribution is -2.63. The first-order chi connectivity index (χ1) is 20.3. The first-order valence-electron chi connectivity index (χ1n) is 14.3. The van der Waals surface area contributed by atoms with E-state index in [0.717, 1.165) is 24.3 Å². The number of aromatic hydroxyl groups is 1. The molecule has 0 aromatic heterocycles. The number of primary amides is 1. The smallest absolute Gasteiger partial charge is 0.255 e. The van der Waals surface area contributed by atoms with Crippen molar-refractivity contribution in [2.75, 3.05) is 33.1 Å². The van der Waals surface area contributed by atoms with Gasteiger partial charge in [-0.25, -0.2) is 0 Å². The molecule has 226 valence electrons. The maximum Gasteiger partial charge on any atom is 0.255 e. The van der Waals surface area contributed by atoms with Crippen LogP contribution in [0, 0.1) is 11.8 Å². The number of ketones is 2. The van der Waals surface area contributed by atoms with Crippen molar-refractivity contribution in [2.24, 2.45) is 17.6 Å². The number of phenolic OH excluding ortho intramolecular Hbond substituents is 1. The number of nitrogens with two attached hydrogens (primary N) is 1. The number of hydrogen-bond acceptors (Lipinski definition) is 10. The molecule has 0 spiro atoms. The Morgan fingerprint density at radius 2 is 1.70 bits per heavy atom. The maximum atomic E-state index is 14.1. The van der Waals surface area contributed by atoms with Crippen LogP contribution in [0.2, 0.25) is 0 Å². The summed E-state index contributed by atoms with van der Waals surface area (Å²) in [5.41, 5.74) is 6.54. The zero-order chi connectivity index (χ0) is 31.1. The third-order valence-corrected chi connectivity index (χ3v) is 9.52. The Labute approximate surface area is 249 Å². The van der Waals surface area contributed by atoms with Gasteiger partial charge in [-0.05, 0) is 61.2 Å². The molecular formula is C32H36N4O7. The average molecular weight is 589 g/mol. The lowest BCUT2D eigenvalue weighted by atomic mass is 9.58. The van der Waals surface area contributed by atoms with Gasteiger partial charge >= 0.3 is 0 Å². The van der Waals surface area contributed by atoms with Gasteiger partial charge in [-0.1, -0.05) is 24.3 Å². The maximum absolute atomic E-state index is 14.1. The van der Waals surface area contributed by atoms with Crippen LogP contribution in [0.1, 0.15) is 39.0 Å². The fourth-order valence-corrected chi connectivity index (χ4v) is 7.81. The second-order valence-corrected chi connectivity index (χ2v) is 12.5. The molecule has 2 aromatic rings. The molecule has 3 aliphatic carbocycles. The molecule has 6 rings (SSSR count). The summed E-state index contributed by atoms with van der Waals surface area (Å²) in [6.07, 6.45) is 0.286. The molecule has 0 fully saturated rings. The largest absolute Gasteiger partial charge is 0.510 e. The number of benzene rings is 2. The molecule has 1 amide bonds.